The quantitative estimate of drug-likeness (QED) is 0.704. The maximum absolute atomic E-state index is 11.7. The Morgan fingerprint density at radius 2 is 1.90 bits per heavy atom. The molecule has 1 aromatic carbocycles. The highest BCUT2D eigenvalue weighted by atomic mass is 32.2. The zero-order valence-corrected chi connectivity index (χ0v) is 13.6. The van der Waals surface area contributed by atoms with Gasteiger partial charge >= 0.3 is 0 Å². The zero-order chi connectivity index (χ0) is 15.6. The number of anilines is 2. The number of rotatable bonds is 6. The van der Waals surface area contributed by atoms with Gasteiger partial charge in [0.2, 0.25) is 10.0 Å². The number of hydrogen-bond acceptors (Lipinski definition) is 4. The Bertz CT molecular complexity index is 566. The largest absolute Gasteiger partial charge is 0.398 e. The van der Waals surface area contributed by atoms with Crippen molar-refractivity contribution in [1.29, 1.82) is 0 Å². The molecule has 4 N–H and O–H groups in total. The smallest absolute Gasteiger partial charge is 0.242 e. The number of hydrogen-bond donors (Lipinski definition) is 3. The van der Waals surface area contributed by atoms with E-state index in [1.165, 1.54) is 13.1 Å². The van der Waals surface area contributed by atoms with E-state index in [2.05, 4.69) is 37.7 Å². The number of nitrogens with two attached hydrogens (primary N) is 1. The van der Waals surface area contributed by atoms with Crippen LogP contribution in [0.4, 0.5) is 11.4 Å². The van der Waals surface area contributed by atoms with Crippen LogP contribution < -0.4 is 15.8 Å². The second-order valence-electron chi connectivity index (χ2n) is 5.96. The van der Waals surface area contributed by atoms with E-state index in [0.29, 0.717) is 5.92 Å². The van der Waals surface area contributed by atoms with Crippen molar-refractivity contribution in [2.24, 2.45) is 11.3 Å². The van der Waals surface area contributed by atoms with Gasteiger partial charge in [-0.2, -0.15) is 0 Å². The van der Waals surface area contributed by atoms with Crippen molar-refractivity contribution in [2.45, 2.75) is 32.6 Å². The van der Waals surface area contributed by atoms with E-state index in [0.717, 1.165) is 12.2 Å². The van der Waals surface area contributed by atoms with Gasteiger partial charge in [-0.15, -0.1) is 0 Å². The summed E-state index contributed by atoms with van der Waals surface area (Å²) in [6.45, 7) is 9.53. The summed E-state index contributed by atoms with van der Waals surface area (Å²) in [4.78, 5) is 0.105. The van der Waals surface area contributed by atoms with Gasteiger partial charge in [0, 0.05) is 12.2 Å². The van der Waals surface area contributed by atoms with Gasteiger partial charge in [-0.25, -0.2) is 13.1 Å². The molecule has 0 saturated heterocycles. The highest BCUT2D eigenvalue weighted by molar-refractivity contribution is 7.89. The molecule has 0 fully saturated rings. The summed E-state index contributed by atoms with van der Waals surface area (Å²) >= 11 is 0. The molecule has 6 heteroatoms. The normalized spacial score (nSPS) is 12.7. The van der Waals surface area contributed by atoms with E-state index in [9.17, 15) is 8.42 Å². The third kappa shape index (κ3) is 3.86. The van der Waals surface area contributed by atoms with Crippen LogP contribution in [0.25, 0.3) is 0 Å². The number of nitrogens with one attached hydrogen (secondary N) is 2. The van der Waals surface area contributed by atoms with Gasteiger partial charge < -0.3 is 11.1 Å². The first-order valence-electron chi connectivity index (χ1n) is 6.67. The standard InChI is InChI=1S/C14H25N3O2S/c1-10(2)14(3,4)9-17-11-6-7-13(12(15)8-11)20(18,19)16-5/h6-8,10,16-17H,9,15H2,1-5H3. The Balaban J connectivity index is 2.90. The van der Waals surface area contributed by atoms with Gasteiger partial charge in [0.05, 0.1) is 5.69 Å². The first-order valence-corrected chi connectivity index (χ1v) is 8.15. The van der Waals surface area contributed by atoms with Crippen LogP contribution >= 0.6 is 0 Å². The molecule has 0 unspecified atom stereocenters. The molecular formula is C14H25N3O2S. The monoisotopic (exact) mass is 299 g/mol. The first kappa shape index (κ1) is 16.8. The second kappa shape index (κ2) is 6.01. The van der Waals surface area contributed by atoms with Gasteiger partial charge in [-0.3, -0.25) is 0 Å². The molecule has 1 aromatic rings. The highest BCUT2D eigenvalue weighted by Crippen LogP contribution is 2.28. The lowest BCUT2D eigenvalue weighted by Gasteiger charge is -2.30. The van der Waals surface area contributed by atoms with Crippen molar-refractivity contribution in [3.8, 4) is 0 Å². The fourth-order valence-electron chi connectivity index (χ4n) is 1.55. The SMILES string of the molecule is CNS(=O)(=O)c1ccc(NCC(C)(C)C(C)C)cc1N. The summed E-state index contributed by atoms with van der Waals surface area (Å²) in [5.41, 5.74) is 7.03. The lowest BCUT2D eigenvalue weighted by Crippen LogP contribution is -2.28. The summed E-state index contributed by atoms with van der Waals surface area (Å²) in [5, 5.41) is 3.31. The highest BCUT2D eigenvalue weighted by Gasteiger charge is 2.22. The molecule has 0 heterocycles. The van der Waals surface area contributed by atoms with Crippen molar-refractivity contribution in [3.05, 3.63) is 18.2 Å². The van der Waals surface area contributed by atoms with E-state index in [-0.39, 0.29) is 16.0 Å². The Kier molecular flexibility index (Phi) is 5.05. The van der Waals surface area contributed by atoms with E-state index in [1.54, 1.807) is 12.1 Å². The number of benzene rings is 1. The second-order valence-corrected chi connectivity index (χ2v) is 7.81. The molecule has 0 aliphatic rings. The van der Waals surface area contributed by atoms with E-state index >= 15 is 0 Å². The van der Waals surface area contributed by atoms with Crippen LogP contribution in [0.3, 0.4) is 0 Å². The Hall–Kier alpha value is -1.27. The fourth-order valence-corrected chi connectivity index (χ4v) is 2.38. The molecule has 5 nitrogen and oxygen atoms in total. The van der Waals surface area contributed by atoms with Crippen molar-refractivity contribution < 1.29 is 8.42 Å². The predicted octanol–water partition coefficient (Wildman–Crippen LogP) is 2.27. The van der Waals surface area contributed by atoms with Gasteiger partial charge in [0.25, 0.3) is 0 Å². The molecule has 0 aromatic heterocycles. The lowest BCUT2D eigenvalue weighted by atomic mass is 9.81. The van der Waals surface area contributed by atoms with Crippen molar-refractivity contribution in [3.63, 3.8) is 0 Å². The van der Waals surface area contributed by atoms with Crippen LogP contribution in [0.15, 0.2) is 23.1 Å². The third-order valence-corrected chi connectivity index (χ3v) is 5.37. The van der Waals surface area contributed by atoms with Crippen LogP contribution in [0, 0.1) is 11.3 Å². The van der Waals surface area contributed by atoms with E-state index in [4.69, 9.17) is 5.73 Å². The summed E-state index contributed by atoms with van der Waals surface area (Å²) in [6.07, 6.45) is 0. The third-order valence-electron chi connectivity index (χ3n) is 3.88. The summed E-state index contributed by atoms with van der Waals surface area (Å²) in [6, 6.07) is 4.91. The maximum atomic E-state index is 11.7. The fraction of sp³-hybridized carbons (Fsp3) is 0.571. The minimum absolute atomic E-state index is 0.105. The molecule has 0 saturated carbocycles. The van der Waals surface area contributed by atoms with Crippen LogP contribution in [0.1, 0.15) is 27.7 Å². The summed E-state index contributed by atoms with van der Waals surface area (Å²) in [7, 11) is -2.14. The van der Waals surface area contributed by atoms with Crippen LogP contribution in [0.2, 0.25) is 0 Å². The Morgan fingerprint density at radius 3 is 2.35 bits per heavy atom. The Labute approximate surface area is 122 Å². The molecule has 0 atom stereocenters. The maximum Gasteiger partial charge on any atom is 0.242 e. The first-order chi connectivity index (χ1) is 9.10. The molecule has 114 valence electrons. The minimum atomic E-state index is -3.51. The minimum Gasteiger partial charge on any atom is -0.398 e. The van der Waals surface area contributed by atoms with Gasteiger partial charge in [0.1, 0.15) is 4.90 Å². The Morgan fingerprint density at radius 1 is 1.30 bits per heavy atom. The van der Waals surface area contributed by atoms with E-state index in [1.807, 2.05) is 0 Å². The lowest BCUT2D eigenvalue weighted by molar-refractivity contribution is 0.269. The zero-order valence-electron chi connectivity index (χ0n) is 12.8. The van der Waals surface area contributed by atoms with Crippen molar-refractivity contribution in [2.75, 3.05) is 24.6 Å². The van der Waals surface area contributed by atoms with Gasteiger partial charge in [-0.05, 0) is 36.6 Å². The average Bonchev–Trinajstić information content (AvgIpc) is 2.36. The van der Waals surface area contributed by atoms with Crippen LogP contribution in [-0.2, 0) is 10.0 Å². The van der Waals surface area contributed by atoms with Crippen LogP contribution in [0.5, 0.6) is 0 Å². The van der Waals surface area contributed by atoms with Gasteiger partial charge in [0.15, 0.2) is 0 Å². The molecule has 0 aliphatic carbocycles. The van der Waals surface area contributed by atoms with Crippen LogP contribution in [-0.4, -0.2) is 22.0 Å². The topological polar surface area (TPSA) is 84.2 Å². The average molecular weight is 299 g/mol. The summed E-state index contributed by atoms with van der Waals surface area (Å²) in [5.74, 6) is 0.538. The predicted molar refractivity (Wildman–Crippen MR) is 84.2 cm³/mol. The van der Waals surface area contributed by atoms with Gasteiger partial charge in [-0.1, -0.05) is 27.7 Å². The van der Waals surface area contributed by atoms with E-state index < -0.39 is 10.0 Å². The molecule has 1 rings (SSSR count). The number of nitrogen functional groups attached to an aromatic ring is 1. The molecule has 0 aliphatic heterocycles. The van der Waals surface area contributed by atoms with Crippen molar-refractivity contribution >= 4 is 21.4 Å². The number of sulfonamides is 1. The van der Waals surface area contributed by atoms with Crippen molar-refractivity contribution in [1.82, 2.24) is 4.72 Å². The molecular weight excluding hydrogens is 274 g/mol. The molecule has 0 amide bonds. The molecule has 0 bridgehead atoms. The molecule has 0 spiro atoms. The summed E-state index contributed by atoms with van der Waals surface area (Å²) < 4.78 is 25.7. The molecule has 20 heavy (non-hydrogen) atoms. The molecule has 0 radical (unpaired) electrons.